The Morgan fingerprint density at radius 3 is 2.65 bits per heavy atom. The minimum Gasteiger partial charge on any atom is -0.465 e. The first-order valence-corrected chi connectivity index (χ1v) is 7.32. The molecule has 1 aromatic heterocycles. The fraction of sp³-hybridized carbons (Fsp3) is 0.444. The predicted octanol–water partition coefficient (Wildman–Crippen LogP) is 0.829. The summed E-state index contributed by atoms with van der Waals surface area (Å²) in [6.45, 7) is -2.07. The molecule has 20 heavy (non-hydrogen) atoms. The van der Waals surface area contributed by atoms with Crippen molar-refractivity contribution in [2.24, 2.45) is 5.73 Å². The van der Waals surface area contributed by atoms with Gasteiger partial charge in [0.2, 0.25) is 10.0 Å². The molecule has 0 amide bonds. The van der Waals surface area contributed by atoms with E-state index in [1.54, 1.807) is 4.72 Å². The maximum absolute atomic E-state index is 12.9. The molecule has 0 aliphatic heterocycles. The molecule has 0 aromatic carbocycles. The molecular weight excluding hydrogens is 338 g/mol. The van der Waals surface area contributed by atoms with Crippen molar-refractivity contribution in [3.05, 3.63) is 16.3 Å². The number of nitrogens with two attached hydrogens (primary N) is 1. The van der Waals surface area contributed by atoms with Gasteiger partial charge < -0.3 is 10.5 Å². The largest absolute Gasteiger partial charge is 0.465 e. The van der Waals surface area contributed by atoms with Gasteiger partial charge in [0.25, 0.3) is 5.92 Å². The smallest absolute Gasteiger partial charge is 0.348 e. The van der Waals surface area contributed by atoms with Crippen molar-refractivity contribution >= 4 is 39.7 Å². The lowest BCUT2D eigenvalue weighted by Crippen LogP contribution is -2.41. The van der Waals surface area contributed by atoms with E-state index in [1.165, 1.54) is 0 Å². The highest BCUT2D eigenvalue weighted by atomic mass is 35.5. The van der Waals surface area contributed by atoms with Gasteiger partial charge in [-0.2, -0.15) is 0 Å². The van der Waals surface area contributed by atoms with Crippen molar-refractivity contribution in [2.45, 2.75) is 10.8 Å². The molecule has 0 bridgehead atoms. The fourth-order valence-electron chi connectivity index (χ4n) is 1.02. The molecular formula is C9H13ClF2N2O4S2. The summed E-state index contributed by atoms with van der Waals surface area (Å²) in [5, 5.41) is 1.16. The summed E-state index contributed by atoms with van der Waals surface area (Å²) >= 11 is 0.842. The Balaban J connectivity index is 0.00000361. The molecule has 0 saturated carbocycles. The first kappa shape index (κ1) is 19.2. The van der Waals surface area contributed by atoms with Gasteiger partial charge in [-0.1, -0.05) is 0 Å². The van der Waals surface area contributed by atoms with E-state index in [-0.39, 0.29) is 22.2 Å². The molecule has 1 aromatic rings. The van der Waals surface area contributed by atoms with Crippen LogP contribution in [-0.2, 0) is 14.8 Å². The average molecular weight is 351 g/mol. The van der Waals surface area contributed by atoms with Gasteiger partial charge in [-0.3, -0.25) is 0 Å². The third-order valence-corrected chi connectivity index (χ3v) is 4.53. The Morgan fingerprint density at radius 1 is 1.55 bits per heavy atom. The van der Waals surface area contributed by atoms with Crippen LogP contribution in [0.5, 0.6) is 0 Å². The first-order valence-electron chi connectivity index (χ1n) is 4.96. The molecule has 0 radical (unpaired) electrons. The van der Waals surface area contributed by atoms with E-state index in [0.717, 1.165) is 29.9 Å². The van der Waals surface area contributed by atoms with Crippen LogP contribution in [0.2, 0.25) is 0 Å². The number of rotatable bonds is 6. The highest BCUT2D eigenvalue weighted by Crippen LogP contribution is 2.20. The summed E-state index contributed by atoms with van der Waals surface area (Å²) in [5.41, 5.74) is 4.79. The number of hydrogen-bond acceptors (Lipinski definition) is 6. The number of halogens is 3. The van der Waals surface area contributed by atoms with Crippen molar-refractivity contribution in [1.29, 1.82) is 0 Å². The number of sulfonamides is 1. The Kier molecular flexibility index (Phi) is 6.98. The molecule has 6 nitrogen and oxygen atoms in total. The molecule has 0 aliphatic rings. The number of carbonyl (C=O) groups excluding carboxylic acids is 1. The Labute approximate surface area is 124 Å². The van der Waals surface area contributed by atoms with Crippen LogP contribution in [0.3, 0.4) is 0 Å². The van der Waals surface area contributed by atoms with Gasteiger partial charge in [-0.05, 0) is 6.07 Å². The Bertz CT molecular complexity index is 562. The molecule has 0 unspecified atom stereocenters. The third-order valence-electron chi connectivity index (χ3n) is 2.09. The molecule has 0 atom stereocenters. The molecule has 0 aliphatic carbocycles. The first-order chi connectivity index (χ1) is 8.72. The molecule has 0 fully saturated rings. The molecule has 0 spiro atoms. The van der Waals surface area contributed by atoms with Crippen molar-refractivity contribution in [2.75, 3.05) is 20.2 Å². The van der Waals surface area contributed by atoms with Crippen LogP contribution in [0, 0.1) is 0 Å². The highest BCUT2D eigenvalue weighted by Gasteiger charge is 2.30. The third kappa shape index (κ3) is 4.94. The maximum Gasteiger partial charge on any atom is 0.348 e. The van der Waals surface area contributed by atoms with E-state index >= 15 is 0 Å². The number of hydrogen-bond donors (Lipinski definition) is 2. The SMILES string of the molecule is COC(=O)c1cc(S(=O)(=O)NCC(F)(F)CN)cs1.Cl. The van der Waals surface area contributed by atoms with Crippen LogP contribution in [0.4, 0.5) is 8.78 Å². The highest BCUT2D eigenvalue weighted by molar-refractivity contribution is 7.89. The van der Waals surface area contributed by atoms with Gasteiger partial charge in [-0.15, -0.1) is 23.7 Å². The summed E-state index contributed by atoms with van der Waals surface area (Å²) in [5.74, 6) is -4.02. The van der Waals surface area contributed by atoms with E-state index in [1.807, 2.05) is 0 Å². The second-order valence-corrected chi connectivity index (χ2v) is 6.20. The van der Waals surface area contributed by atoms with Crippen LogP contribution in [-0.4, -0.2) is 40.5 Å². The van der Waals surface area contributed by atoms with Crippen LogP contribution >= 0.6 is 23.7 Å². The van der Waals surface area contributed by atoms with Gasteiger partial charge in [0.1, 0.15) is 4.88 Å². The summed E-state index contributed by atoms with van der Waals surface area (Å²) in [4.78, 5) is 10.9. The number of alkyl halides is 2. The lowest BCUT2D eigenvalue weighted by Gasteiger charge is -2.14. The zero-order valence-corrected chi connectivity index (χ0v) is 12.7. The normalized spacial score (nSPS) is 11.8. The summed E-state index contributed by atoms with van der Waals surface area (Å²) in [6.07, 6.45) is 0. The van der Waals surface area contributed by atoms with Crippen LogP contribution in [0.1, 0.15) is 9.67 Å². The van der Waals surface area contributed by atoms with E-state index < -0.39 is 35.0 Å². The summed E-state index contributed by atoms with van der Waals surface area (Å²) in [7, 11) is -2.96. The van der Waals surface area contributed by atoms with Crippen molar-refractivity contribution in [1.82, 2.24) is 4.72 Å². The van der Waals surface area contributed by atoms with Gasteiger partial charge in [0, 0.05) is 5.38 Å². The number of methoxy groups -OCH3 is 1. The summed E-state index contributed by atoms with van der Waals surface area (Å²) in [6, 6.07) is 1.05. The monoisotopic (exact) mass is 350 g/mol. The van der Waals surface area contributed by atoms with Crippen molar-refractivity contribution < 1.29 is 26.7 Å². The predicted molar refractivity (Wildman–Crippen MR) is 72.1 cm³/mol. The molecule has 0 saturated heterocycles. The molecule has 116 valence electrons. The second-order valence-electron chi connectivity index (χ2n) is 3.52. The molecule has 1 rings (SSSR count). The van der Waals surface area contributed by atoms with Crippen LogP contribution in [0.15, 0.2) is 16.3 Å². The van der Waals surface area contributed by atoms with E-state index in [0.29, 0.717) is 0 Å². The van der Waals surface area contributed by atoms with E-state index in [2.05, 4.69) is 4.74 Å². The minimum absolute atomic E-state index is 0. The second kappa shape index (κ2) is 7.27. The number of thiophene rings is 1. The number of nitrogens with one attached hydrogen (secondary N) is 1. The van der Waals surface area contributed by atoms with Gasteiger partial charge in [-0.25, -0.2) is 26.7 Å². The standard InChI is InChI=1S/C9H12F2N2O4S2.ClH/c1-17-8(14)7-2-6(3-18-7)19(15,16)13-5-9(10,11)4-12;/h2-3,13H,4-5,12H2,1H3;1H. The molecule has 1 heterocycles. The van der Waals surface area contributed by atoms with Crippen molar-refractivity contribution in [3.8, 4) is 0 Å². The molecule has 11 heteroatoms. The maximum atomic E-state index is 12.9. The lowest BCUT2D eigenvalue weighted by atomic mass is 10.3. The Morgan fingerprint density at radius 2 is 2.15 bits per heavy atom. The average Bonchev–Trinajstić information content (AvgIpc) is 2.86. The minimum atomic E-state index is -4.11. The number of esters is 1. The van der Waals surface area contributed by atoms with Crippen LogP contribution in [0.25, 0.3) is 0 Å². The van der Waals surface area contributed by atoms with Gasteiger partial charge in [0.05, 0.1) is 25.1 Å². The van der Waals surface area contributed by atoms with Crippen LogP contribution < -0.4 is 10.5 Å². The fourth-order valence-corrected chi connectivity index (χ4v) is 3.28. The topological polar surface area (TPSA) is 98.5 Å². The quantitative estimate of drug-likeness (QED) is 0.740. The zero-order chi connectivity index (χ0) is 14.7. The van der Waals surface area contributed by atoms with E-state index in [9.17, 15) is 22.0 Å². The molecule has 3 N–H and O–H groups in total. The van der Waals surface area contributed by atoms with Gasteiger partial charge in [0.15, 0.2) is 0 Å². The van der Waals surface area contributed by atoms with Gasteiger partial charge >= 0.3 is 5.97 Å². The zero-order valence-electron chi connectivity index (χ0n) is 10.3. The number of ether oxygens (including phenoxy) is 1. The Hall–Kier alpha value is -0.810. The van der Waals surface area contributed by atoms with E-state index in [4.69, 9.17) is 5.73 Å². The van der Waals surface area contributed by atoms with Crippen molar-refractivity contribution in [3.63, 3.8) is 0 Å². The number of carbonyl (C=O) groups is 1. The summed E-state index contributed by atoms with van der Waals surface area (Å²) < 4.78 is 55.3. The lowest BCUT2D eigenvalue weighted by molar-refractivity contribution is 0.0170.